The van der Waals surface area contributed by atoms with Gasteiger partial charge >= 0.3 is 12.1 Å². The summed E-state index contributed by atoms with van der Waals surface area (Å²) in [4.78, 5) is 25.3. The Morgan fingerprint density at radius 3 is 1.92 bits per heavy atom. The van der Waals surface area contributed by atoms with E-state index in [4.69, 9.17) is 4.74 Å². The molecule has 3 rings (SSSR count). The number of esters is 1. The number of amides is 1. The summed E-state index contributed by atoms with van der Waals surface area (Å²) in [6, 6.07) is 15.4. The largest absolute Gasteiger partial charge is 0.439 e. The molecular formula is C27H24F5NO4S. The van der Waals surface area contributed by atoms with Crippen molar-refractivity contribution in [3.8, 4) is 16.9 Å². The third-order valence-corrected chi connectivity index (χ3v) is 6.24. The molecule has 0 aliphatic heterocycles. The van der Waals surface area contributed by atoms with Crippen LogP contribution in [0.1, 0.15) is 25.8 Å². The van der Waals surface area contributed by atoms with Crippen molar-refractivity contribution in [1.82, 2.24) is 5.32 Å². The quantitative estimate of drug-likeness (QED) is 0.105. The van der Waals surface area contributed by atoms with E-state index in [0.717, 1.165) is 11.1 Å². The highest BCUT2D eigenvalue weighted by Gasteiger charge is 2.33. The second kappa shape index (κ2) is 12.3. The molecule has 1 atom stereocenters. The lowest BCUT2D eigenvalue weighted by atomic mass is 9.95. The molecule has 202 valence electrons. The van der Waals surface area contributed by atoms with Crippen molar-refractivity contribution in [2.24, 2.45) is 0 Å². The van der Waals surface area contributed by atoms with Gasteiger partial charge in [-0.25, -0.2) is 22.8 Å². The van der Waals surface area contributed by atoms with Crippen LogP contribution in [0.4, 0.5) is 26.7 Å². The minimum Gasteiger partial charge on any atom is -0.439 e. The van der Waals surface area contributed by atoms with Gasteiger partial charge in [-0.15, -0.1) is 0 Å². The van der Waals surface area contributed by atoms with E-state index in [1.807, 2.05) is 42.5 Å². The predicted molar refractivity (Wildman–Crippen MR) is 133 cm³/mol. The van der Waals surface area contributed by atoms with Gasteiger partial charge in [0.25, 0.3) is 0 Å². The number of carbonyl (C=O) groups excluding carboxylic acids is 2. The molecule has 5 nitrogen and oxygen atoms in total. The number of thioether (sulfide) groups is 1. The lowest BCUT2D eigenvalue weighted by Gasteiger charge is -2.27. The SMILES string of the molecule is CSCCC(NC(=O)OC(C)(C)c1ccc(-c2ccccc2)cc1)C(=O)Oc1c(F)c(F)c(F)c(F)c1F. The topological polar surface area (TPSA) is 64.6 Å². The van der Waals surface area contributed by atoms with Gasteiger partial charge in [0, 0.05) is 0 Å². The Hall–Kier alpha value is -3.60. The molecule has 0 heterocycles. The Morgan fingerprint density at radius 2 is 1.37 bits per heavy atom. The molecule has 0 aliphatic carbocycles. The van der Waals surface area contributed by atoms with E-state index < -0.39 is 58.5 Å². The number of ether oxygens (including phenoxy) is 2. The van der Waals surface area contributed by atoms with Crippen molar-refractivity contribution in [3.05, 3.63) is 89.2 Å². The summed E-state index contributed by atoms with van der Waals surface area (Å²) in [6.07, 6.45) is 0.576. The van der Waals surface area contributed by atoms with Gasteiger partial charge in [0.05, 0.1) is 0 Å². The van der Waals surface area contributed by atoms with Crippen LogP contribution in [0, 0.1) is 29.1 Å². The molecule has 3 aromatic rings. The van der Waals surface area contributed by atoms with Crippen LogP contribution in [-0.4, -0.2) is 30.1 Å². The Morgan fingerprint density at radius 1 is 0.842 bits per heavy atom. The average Bonchev–Trinajstić information content (AvgIpc) is 2.91. The summed E-state index contributed by atoms with van der Waals surface area (Å²) in [5.74, 6) is -14.4. The molecule has 1 unspecified atom stereocenters. The van der Waals surface area contributed by atoms with Crippen LogP contribution < -0.4 is 10.1 Å². The lowest BCUT2D eigenvalue weighted by molar-refractivity contribution is -0.137. The Labute approximate surface area is 220 Å². The number of benzene rings is 3. The van der Waals surface area contributed by atoms with Crippen LogP contribution in [0.3, 0.4) is 0 Å². The van der Waals surface area contributed by atoms with E-state index in [0.29, 0.717) is 11.3 Å². The van der Waals surface area contributed by atoms with Gasteiger partial charge < -0.3 is 14.8 Å². The standard InChI is InChI=1S/C27H24F5NO4S/c1-27(2,17-11-9-16(10-12-17)15-7-5-4-6-8-15)37-26(35)33-18(13-14-38-3)25(34)36-24-22(31)20(29)19(28)21(30)23(24)32/h4-12,18H,13-14H2,1-3H3,(H,33,35). The number of hydrogen-bond acceptors (Lipinski definition) is 5. The van der Waals surface area contributed by atoms with Crippen LogP contribution in [0.15, 0.2) is 54.6 Å². The fourth-order valence-electron chi connectivity index (χ4n) is 3.49. The first-order chi connectivity index (χ1) is 18.0. The monoisotopic (exact) mass is 553 g/mol. The van der Waals surface area contributed by atoms with Crippen molar-refractivity contribution in [1.29, 1.82) is 0 Å². The smallest absolute Gasteiger partial charge is 0.408 e. The second-order valence-electron chi connectivity index (χ2n) is 8.64. The van der Waals surface area contributed by atoms with E-state index in [1.54, 1.807) is 32.2 Å². The first-order valence-corrected chi connectivity index (χ1v) is 12.7. The number of carbonyl (C=O) groups is 2. The minimum absolute atomic E-state index is 0.0727. The van der Waals surface area contributed by atoms with Gasteiger partial charge in [-0.05, 0) is 49.0 Å². The summed E-state index contributed by atoms with van der Waals surface area (Å²) in [7, 11) is 0. The van der Waals surface area contributed by atoms with Crippen LogP contribution in [0.2, 0.25) is 0 Å². The first-order valence-electron chi connectivity index (χ1n) is 11.3. The fourth-order valence-corrected chi connectivity index (χ4v) is 3.96. The summed E-state index contributed by atoms with van der Waals surface area (Å²) in [6.45, 7) is 3.24. The van der Waals surface area contributed by atoms with E-state index in [9.17, 15) is 31.5 Å². The maximum atomic E-state index is 14.0. The molecule has 11 heteroatoms. The first kappa shape index (κ1) is 29.0. The summed E-state index contributed by atoms with van der Waals surface area (Å²) < 4.78 is 78.2. The molecule has 1 N–H and O–H groups in total. The number of rotatable bonds is 9. The summed E-state index contributed by atoms with van der Waals surface area (Å²) in [5, 5.41) is 2.26. The van der Waals surface area contributed by atoms with Gasteiger partial charge in [0.15, 0.2) is 0 Å². The van der Waals surface area contributed by atoms with Gasteiger partial charge in [-0.2, -0.15) is 20.5 Å². The van der Waals surface area contributed by atoms with Crippen molar-refractivity contribution in [2.45, 2.75) is 31.9 Å². The molecule has 3 aromatic carbocycles. The molecule has 38 heavy (non-hydrogen) atoms. The maximum Gasteiger partial charge on any atom is 0.408 e. The molecule has 0 saturated carbocycles. The Kier molecular flexibility index (Phi) is 9.37. The highest BCUT2D eigenvalue weighted by molar-refractivity contribution is 7.98. The number of nitrogens with one attached hydrogen (secondary N) is 1. The zero-order valence-electron chi connectivity index (χ0n) is 20.6. The molecule has 0 bridgehead atoms. The Bertz CT molecular complexity index is 1270. The number of hydrogen-bond donors (Lipinski definition) is 1. The van der Waals surface area contributed by atoms with Gasteiger partial charge in [-0.3, -0.25) is 0 Å². The molecule has 0 fully saturated rings. The van der Waals surface area contributed by atoms with Gasteiger partial charge in [-0.1, -0.05) is 54.6 Å². The fraction of sp³-hybridized carbons (Fsp3) is 0.259. The third-order valence-electron chi connectivity index (χ3n) is 5.59. The van der Waals surface area contributed by atoms with Gasteiger partial charge in [0.1, 0.15) is 11.6 Å². The van der Waals surface area contributed by atoms with E-state index >= 15 is 0 Å². The lowest BCUT2D eigenvalue weighted by Crippen LogP contribution is -2.45. The number of halogens is 5. The normalized spacial score (nSPS) is 12.1. The van der Waals surface area contributed by atoms with Crippen LogP contribution in [-0.2, 0) is 15.1 Å². The van der Waals surface area contributed by atoms with E-state index in [2.05, 4.69) is 10.1 Å². The molecule has 0 saturated heterocycles. The maximum absolute atomic E-state index is 14.0. The predicted octanol–water partition coefficient (Wildman–Crippen LogP) is 6.74. The van der Waals surface area contributed by atoms with Crippen LogP contribution in [0.25, 0.3) is 11.1 Å². The zero-order chi connectivity index (χ0) is 28.0. The number of alkyl carbamates (subject to hydrolysis) is 1. The Balaban J connectivity index is 1.73. The second-order valence-corrected chi connectivity index (χ2v) is 9.63. The minimum atomic E-state index is -2.39. The molecular weight excluding hydrogens is 529 g/mol. The van der Waals surface area contributed by atoms with Crippen molar-refractivity contribution < 1.29 is 41.0 Å². The molecule has 0 radical (unpaired) electrons. The van der Waals surface area contributed by atoms with Crippen molar-refractivity contribution in [2.75, 3.05) is 12.0 Å². The molecule has 0 aliphatic rings. The average molecular weight is 554 g/mol. The van der Waals surface area contributed by atoms with Crippen molar-refractivity contribution in [3.63, 3.8) is 0 Å². The molecule has 0 spiro atoms. The van der Waals surface area contributed by atoms with E-state index in [-0.39, 0.29) is 6.42 Å². The zero-order valence-corrected chi connectivity index (χ0v) is 21.4. The van der Waals surface area contributed by atoms with Crippen LogP contribution in [0.5, 0.6) is 5.75 Å². The van der Waals surface area contributed by atoms with Crippen LogP contribution >= 0.6 is 11.8 Å². The summed E-state index contributed by atoms with van der Waals surface area (Å²) in [5.41, 5.74) is 1.42. The highest BCUT2D eigenvalue weighted by Crippen LogP contribution is 2.30. The van der Waals surface area contributed by atoms with Crippen molar-refractivity contribution >= 4 is 23.8 Å². The molecule has 1 amide bonds. The third kappa shape index (κ3) is 6.63. The highest BCUT2D eigenvalue weighted by atomic mass is 32.2. The van der Waals surface area contributed by atoms with E-state index in [1.165, 1.54) is 11.8 Å². The molecule has 0 aromatic heterocycles. The summed E-state index contributed by atoms with van der Waals surface area (Å²) >= 11 is 1.29. The van der Waals surface area contributed by atoms with Gasteiger partial charge in [0.2, 0.25) is 34.8 Å².